The van der Waals surface area contributed by atoms with Gasteiger partial charge >= 0.3 is 0 Å². The first-order valence-corrected chi connectivity index (χ1v) is 12.1. The highest BCUT2D eigenvalue weighted by atomic mass is 19.1. The third-order valence-electron chi connectivity index (χ3n) is 6.49. The molecule has 1 unspecified atom stereocenters. The number of carbonyl (C=O) groups is 2. The summed E-state index contributed by atoms with van der Waals surface area (Å²) >= 11 is 0. The zero-order valence-corrected chi connectivity index (χ0v) is 20.6. The first kappa shape index (κ1) is 25.6. The summed E-state index contributed by atoms with van der Waals surface area (Å²) in [6.07, 6.45) is 2.38. The highest BCUT2D eigenvalue weighted by Crippen LogP contribution is 2.32. The summed E-state index contributed by atoms with van der Waals surface area (Å²) in [5, 5.41) is 16.4. The second-order valence-electron chi connectivity index (χ2n) is 9.37. The van der Waals surface area contributed by atoms with E-state index in [1.165, 1.54) is 13.0 Å². The lowest BCUT2D eigenvalue weighted by Gasteiger charge is -2.26. The number of halogens is 1. The van der Waals surface area contributed by atoms with Crippen LogP contribution in [-0.4, -0.2) is 50.5 Å². The lowest BCUT2D eigenvalue weighted by molar-refractivity contribution is -0.124. The number of aliphatic hydroxyl groups is 1. The fourth-order valence-corrected chi connectivity index (χ4v) is 4.43. The molecule has 2 heterocycles. The topological polar surface area (TPSA) is 126 Å². The van der Waals surface area contributed by atoms with Crippen LogP contribution in [0.4, 0.5) is 4.39 Å². The summed E-state index contributed by atoms with van der Waals surface area (Å²) in [6, 6.07) is 6.32. The minimum absolute atomic E-state index is 0.108. The average Bonchev–Trinajstić information content (AvgIpc) is 3.35. The highest BCUT2D eigenvalue weighted by molar-refractivity contribution is 6.02. The molecule has 1 saturated carbocycles. The molecule has 36 heavy (non-hydrogen) atoms. The molecule has 0 radical (unpaired) electrons. The molecule has 2 atom stereocenters. The quantitative estimate of drug-likeness (QED) is 0.634. The minimum Gasteiger partial charge on any atom is -0.391 e. The van der Waals surface area contributed by atoms with E-state index in [2.05, 4.69) is 25.4 Å². The number of aryl methyl sites for hydroxylation is 2. The Balaban J connectivity index is 1.35. The third kappa shape index (κ3) is 6.17. The molecule has 0 saturated heterocycles. The third-order valence-corrected chi connectivity index (χ3v) is 6.49. The van der Waals surface area contributed by atoms with E-state index in [4.69, 9.17) is 4.84 Å². The molecular weight excluding hydrogens is 465 g/mol. The van der Waals surface area contributed by atoms with E-state index in [-0.39, 0.29) is 36.0 Å². The molecule has 10 heteroatoms. The zero-order valence-electron chi connectivity index (χ0n) is 20.6. The summed E-state index contributed by atoms with van der Waals surface area (Å²) in [4.78, 5) is 42.9. The number of amides is 2. The van der Waals surface area contributed by atoms with Crippen LogP contribution in [0, 0.1) is 25.6 Å². The molecule has 190 valence electrons. The Kier molecular flexibility index (Phi) is 7.83. The van der Waals surface area contributed by atoms with Crippen LogP contribution >= 0.6 is 0 Å². The van der Waals surface area contributed by atoms with Crippen LogP contribution in [0.15, 0.2) is 34.4 Å². The second kappa shape index (κ2) is 11.0. The van der Waals surface area contributed by atoms with Gasteiger partial charge in [0.2, 0.25) is 0 Å². The van der Waals surface area contributed by atoms with Gasteiger partial charge in [-0.15, -0.1) is 0 Å². The van der Waals surface area contributed by atoms with Crippen LogP contribution < -0.4 is 5.32 Å². The van der Waals surface area contributed by atoms with Gasteiger partial charge in [-0.3, -0.25) is 9.59 Å². The van der Waals surface area contributed by atoms with Gasteiger partial charge in [-0.05, 0) is 75.6 Å². The SMILES string of the molecule is Cc1nc(C(=O)NCc2ccc(F)c(C)c2)cc(C2=NOC(C3CCC(=NC(=O)[C@H](C)O)CC3)C2)n1. The summed E-state index contributed by atoms with van der Waals surface area (Å²) in [6.45, 7) is 5.06. The normalized spacial score (nSPS) is 20.4. The lowest BCUT2D eigenvalue weighted by Crippen LogP contribution is -2.27. The van der Waals surface area contributed by atoms with Gasteiger partial charge in [-0.25, -0.2) is 19.4 Å². The van der Waals surface area contributed by atoms with Crippen LogP contribution in [-0.2, 0) is 16.2 Å². The number of oxime groups is 1. The Morgan fingerprint density at radius 3 is 2.67 bits per heavy atom. The van der Waals surface area contributed by atoms with Crippen LogP contribution in [0.1, 0.15) is 72.2 Å². The molecule has 9 nitrogen and oxygen atoms in total. The fraction of sp³-hybridized carbons (Fsp3) is 0.462. The number of nitrogens with one attached hydrogen (secondary N) is 1. The maximum Gasteiger partial charge on any atom is 0.274 e. The first-order valence-electron chi connectivity index (χ1n) is 12.1. The second-order valence-corrected chi connectivity index (χ2v) is 9.37. The van der Waals surface area contributed by atoms with Crippen molar-refractivity contribution in [3.05, 3.63) is 58.4 Å². The summed E-state index contributed by atoms with van der Waals surface area (Å²) in [7, 11) is 0. The summed E-state index contributed by atoms with van der Waals surface area (Å²) < 4.78 is 13.5. The van der Waals surface area contributed by atoms with Crippen molar-refractivity contribution >= 4 is 23.2 Å². The van der Waals surface area contributed by atoms with Gasteiger partial charge in [0, 0.05) is 18.7 Å². The molecule has 2 aromatic rings. The Morgan fingerprint density at radius 1 is 1.22 bits per heavy atom. The molecule has 1 aromatic carbocycles. The number of rotatable bonds is 6. The van der Waals surface area contributed by atoms with E-state index in [1.54, 1.807) is 32.0 Å². The average molecular weight is 496 g/mol. The Morgan fingerprint density at radius 2 is 1.97 bits per heavy atom. The number of aliphatic imine (C=N–C) groups is 1. The number of nitrogens with zero attached hydrogens (tertiary/aromatic N) is 4. The number of carbonyl (C=O) groups excluding carboxylic acids is 2. The van der Waals surface area contributed by atoms with Crippen molar-refractivity contribution < 1.29 is 23.9 Å². The van der Waals surface area contributed by atoms with E-state index in [9.17, 15) is 19.1 Å². The predicted octanol–water partition coefficient (Wildman–Crippen LogP) is 3.19. The Labute approximate surface area is 208 Å². The minimum atomic E-state index is -1.08. The van der Waals surface area contributed by atoms with Gasteiger partial charge < -0.3 is 15.3 Å². The smallest absolute Gasteiger partial charge is 0.274 e. The van der Waals surface area contributed by atoms with E-state index in [1.807, 2.05) is 0 Å². The highest BCUT2D eigenvalue weighted by Gasteiger charge is 2.33. The van der Waals surface area contributed by atoms with Gasteiger partial charge in [0.25, 0.3) is 11.8 Å². The van der Waals surface area contributed by atoms with Gasteiger partial charge in [0.15, 0.2) is 0 Å². The van der Waals surface area contributed by atoms with Crippen LogP contribution in [0.25, 0.3) is 0 Å². The van der Waals surface area contributed by atoms with Crippen molar-refractivity contribution in [1.82, 2.24) is 15.3 Å². The van der Waals surface area contributed by atoms with Crippen molar-refractivity contribution in [1.29, 1.82) is 0 Å². The van der Waals surface area contributed by atoms with Gasteiger partial charge in [-0.2, -0.15) is 0 Å². The molecular formula is C26H30FN5O4. The number of hydrogen-bond donors (Lipinski definition) is 2. The van der Waals surface area contributed by atoms with Crippen molar-refractivity contribution in [2.24, 2.45) is 16.1 Å². The molecule has 1 aliphatic carbocycles. The summed E-state index contributed by atoms with van der Waals surface area (Å²) in [5.74, 6) is -0.435. The molecule has 1 aliphatic heterocycles. The molecule has 0 bridgehead atoms. The number of aromatic nitrogens is 2. The van der Waals surface area contributed by atoms with Crippen molar-refractivity contribution in [3.8, 4) is 0 Å². The molecule has 2 N–H and O–H groups in total. The van der Waals surface area contributed by atoms with E-state index in [0.29, 0.717) is 42.1 Å². The standard InChI is InChI=1S/C26H30FN5O4/c1-14-10-17(4-9-20(14)27)13-28-26(35)23-11-21(29-16(3)30-23)22-12-24(36-32-22)18-5-7-19(8-6-18)31-25(34)15(2)33/h4,9-11,15,18,24,33H,5-8,12-13H2,1-3H3,(H,28,35)/t15-,18?,24?/m0/s1. The molecule has 0 spiro atoms. The van der Waals surface area contributed by atoms with Crippen molar-refractivity contribution in [3.63, 3.8) is 0 Å². The summed E-state index contributed by atoms with van der Waals surface area (Å²) in [5.41, 5.74) is 3.56. The molecule has 1 aromatic heterocycles. The molecule has 1 fully saturated rings. The largest absolute Gasteiger partial charge is 0.391 e. The maximum atomic E-state index is 13.5. The van der Waals surface area contributed by atoms with Crippen LogP contribution in [0.2, 0.25) is 0 Å². The Hall–Kier alpha value is -3.53. The lowest BCUT2D eigenvalue weighted by atomic mass is 9.82. The maximum absolute atomic E-state index is 13.5. The molecule has 4 rings (SSSR count). The van der Waals surface area contributed by atoms with Crippen molar-refractivity contribution in [2.75, 3.05) is 0 Å². The predicted molar refractivity (Wildman–Crippen MR) is 131 cm³/mol. The van der Waals surface area contributed by atoms with Crippen LogP contribution in [0.3, 0.4) is 0 Å². The number of benzene rings is 1. The van der Waals surface area contributed by atoms with E-state index in [0.717, 1.165) is 24.1 Å². The van der Waals surface area contributed by atoms with Gasteiger partial charge in [-0.1, -0.05) is 17.3 Å². The molecule has 2 aliphatic rings. The molecule has 2 amide bonds. The van der Waals surface area contributed by atoms with E-state index >= 15 is 0 Å². The zero-order chi connectivity index (χ0) is 25.8. The first-order chi connectivity index (χ1) is 17.2. The number of aliphatic hydroxyl groups excluding tert-OH is 1. The van der Waals surface area contributed by atoms with Crippen molar-refractivity contribution in [2.45, 2.75) is 71.6 Å². The van der Waals surface area contributed by atoms with Gasteiger partial charge in [0.05, 0.1) is 5.69 Å². The fourth-order valence-electron chi connectivity index (χ4n) is 4.43. The van der Waals surface area contributed by atoms with E-state index < -0.39 is 12.0 Å². The van der Waals surface area contributed by atoms with Crippen LogP contribution in [0.5, 0.6) is 0 Å². The number of hydrogen-bond acceptors (Lipinski definition) is 7. The monoisotopic (exact) mass is 495 g/mol. The van der Waals surface area contributed by atoms with Gasteiger partial charge in [0.1, 0.15) is 35.3 Å². The Bertz CT molecular complexity index is 1220.